The lowest BCUT2D eigenvalue weighted by Crippen LogP contribution is -2.42. The number of fused-ring (bicyclic) bond motifs is 1. The summed E-state index contributed by atoms with van der Waals surface area (Å²) in [6.07, 6.45) is -0.121. The van der Waals surface area contributed by atoms with Gasteiger partial charge >= 0.3 is 0 Å². The first-order valence-corrected chi connectivity index (χ1v) is 7.90. The van der Waals surface area contributed by atoms with E-state index in [1.54, 1.807) is 22.1 Å². The van der Waals surface area contributed by atoms with Gasteiger partial charge in [0.1, 0.15) is 11.9 Å². The Bertz CT molecular complexity index is 683. The minimum atomic E-state index is -0.607. The molecule has 9 heteroatoms. The summed E-state index contributed by atoms with van der Waals surface area (Å²) in [4.78, 5) is 16.5. The number of aliphatic hydroxyl groups is 1. The van der Waals surface area contributed by atoms with Crippen molar-refractivity contribution in [2.45, 2.75) is 39.2 Å². The Morgan fingerprint density at radius 2 is 2.32 bits per heavy atom. The van der Waals surface area contributed by atoms with Gasteiger partial charge in [0.05, 0.1) is 22.9 Å². The van der Waals surface area contributed by atoms with Gasteiger partial charge in [0.15, 0.2) is 0 Å². The second-order valence-corrected chi connectivity index (χ2v) is 6.42. The number of nitro groups is 1. The molecule has 3 heterocycles. The Kier molecular flexibility index (Phi) is 4.19. The number of nitrogens with zero attached hydrogens (tertiary/aromatic N) is 5. The largest absolute Gasteiger partial charge is 0.378 e. The molecule has 8 nitrogen and oxygen atoms in total. The van der Waals surface area contributed by atoms with Crippen LogP contribution in [-0.4, -0.2) is 42.5 Å². The van der Waals surface area contributed by atoms with Gasteiger partial charge in [0.25, 0.3) is 0 Å². The van der Waals surface area contributed by atoms with Crippen LogP contribution in [0.1, 0.15) is 22.1 Å². The molecule has 2 aromatic heterocycles. The molecule has 0 fully saturated rings. The molecule has 1 aliphatic heterocycles. The second-order valence-electron chi connectivity index (χ2n) is 5.35. The van der Waals surface area contributed by atoms with E-state index in [0.717, 1.165) is 16.4 Å². The summed E-state index contributed by atoms with van der Waals surface area (Å²) in [5, 5.41) is 28.1. The third-order valence-corrected chi connectivity index (χ3v) is 4.47. The molecule has 1 atom stereocenters. The second kappa shape index (κ2) is 6.11. The monoisotopic (exact) mass is 323 g/mol. The van der Waals surface area contributed by atoms with Crippen molar-refractivity contribution in [3.8, 4) is 0 Å². The van der Waals surface area contributed by atoms with E-state index >= 15 is 0 Å². The van der Waals surface area contributed by atoms with Gasteiger partial charge in [0, 0.05) is 29.8 Å². The highest BCUT2D eigenvalue weighted by atomic mass is 32.1. The molecule has 22 heavy (non-hydrogen) atoms. The fourth-order valence-electron chi connectivity index (χ4n) is 2.63. The van der Waals surface area contributed by atoms with Gasteiger partial charge in [-0.1, -0.05) is 0 Å². The maximum atomic E-state index is 10.6. The fourth-order valence-corrected chi connectivity index (χ4v) is 3.25. The van der Waals surface area contributed by atoms with E-state index in [-0.39, 0.29) is 11.5 Å². The number of thiazole rings is 1. The van der Waals surface area contributed by atoms with Crippen molar-refractivity contribution in [2.24, 2.45) is 0 Å². The number of aromatic nitrogens is 3. The fraction of sp³-hybridized carbons (Fsp3) is 0.538. The van der Waals surface area contributed by atoms with Gasteiger partial charge in [-0.2, -0.15) is 5.10 Å². The van der Waals surface area contributed by atoms with Crippen LogP contribution < -0.4 is 0 Å². The Balaban J connectivity index is 1.65. The van der Waals surface area contributed by atoms with Crippen LogP contribution in [0.3, 0.4) is 0 Å². The topological polar surface area (TPSA) is 97.3 Å². The van der Waals surface area contributed by atoms with Crippen LogP contribution in [0, 0.1) is 17.0 Å². The van der Waals surface area contributed by atoms with Gasteiger partial charge in [-0.15, -0.1) is 11.3 Å². The normalized spacial score (nSPS) is 16.5. The zero-order valence-corrected chi connectivity index (χ0v) is 13.0. The van der Waals surface area contributed by atoms with Crippen molar-refractivity contribution in [1.29, 1.82) is 0 Å². The van der Waals surface area contributed by atoms with E-state index in [4.69, 9.17) is 0 Å². The summed E-state index contributed by atoms with van der Waals surface area (Å²) in [5.74, 6) is 0. The van der Waals surface area contributed by atoms with E-state index in [1.165, 1.54) is 0 Å². The predicted octanol–water partition coefficient (Wildman–Crippen LogP) is 0.801. The minimum absolute atomic E-state index is 0.263. The maximum absolute atomic E-state index is 10.6. The molecule has 0 bridgehead atoms. The molecule has 2 aromatic rings. The quantitative estimate of drug-likeness (QED) is 0.646. The maximum Gasteiger partial charge on any atom is 0.247 e. The van der Waals surface area contributed by atoms with Crippen molar-refractivity contribution < 1.29 is 10.0 Å². The number of rotatable bonds is 5. The van der Waals surface area contributed by atoms with E-state index in [1.807, 2.05) is 17.2 Å². The molecule has 0 radical (unpaired) electrons. The Morgan fingerprint density at radius 1 is 1.50 bits per heavy atom. The van der Waals surface area contributed by atoms with Crippen molar-refractivity contribution in [3.05, 3.63) is 43.7 Å². The molecule has 0 aliphatic carbocycles. The summed E-state index contributed by atoms with van der Waals surface area (Å²) >= 11 is 1.57. The number of aliphatic hydroxyl groups excluding tert-OH is 1. The molecule has 0 saturated heterocycles. The third-order valence-electron chi connectivity index (χ3n) is 3.65. The molecule has 118 valence electrons. The Hall–Kier alpha value is -1.84. The molecule has 0 saturated carbocycles. The molecule has 1 aliphatic rings. The van der Waals surface area contributed by atoms with Crippen LogP contribution in [0.25, 0.3) is 0 Å². The van der Waals surface area contributed by atoms with Crippen LogP contribution in [0.5, 0.6) is 0 Å². The van der Waals surface area contributed by atoms with Crippen LogP contribution in [0.15, 0.2) is 11.4 Å². The Labute approximate surface area is 131 Å². The number of hydrogen-bond acceptors (Lipinski definition) is 7. The van der Waals surface area contributed by atoms with Crippen LogP contribution in [0.2, 0.25) is 0 Å². The minimum Gasteiger partial charge on any atom is -0.378 e. The van der Waals surface area contributed by atoms with Gasteiger partial charge < -0.3 is 5.11 Å². The van der Waals surface area contributed by atoms with Crippen LogP contribution in [-0.2, 0) is 26.1 Å². The summed E-state index contributed by atoms with van der Waals surface area (Å²) in [6.45, 7) is 3.50. The highest BCUT2D eigenvalue weighted by Gasteiger charge is 2.24. The van der Waals surface area contributed by atoms with Crippen LogP contribution >= 0.6 is 11.3 Å². The van der Waals surface area contributed by atoms with Gasteiger partial charge in [-0.25, -0.2) is 4.98 Å². The molecular formula is C13H17N5O3S. The molecule has 1 unspecified atom stereocenters. The standard InChI is InChI=1S/C13H17N5O3S/c1-9-14-11(8-22-9)5-13(19)16-2-3-17-12(7-16)4-10(15-17)6-18(20)21/h4,8,13,19H,2-3,5-7H2,1H3. The zero-order chi connectivity index (χ0) is 15.7. The average Bonchev–Trinajstić information content (AvgIpc) is 3.02. The molecule has 3 rings (SSSR count). The highest BCUT2D eigenvalue weighted by molar-refractivity contribution is 7.09. The Morgan fingerprint density at radius 3 is 3.00 bits per heavy atom. The van der Waals surface area contributed by atoms with E-state index < -0.39 is 6.23 Å². The lowest BCUT2D eigenvalue weighted by Gasteiger charge is -2.31. The van der Waals surface area contributed by atoms with Crippen molar-refractivity contribution in [2.75, 3.05) is 6.54 Å². The zero-order valence-electron chi connectivity index (χ0n) is 12.2. The van der Waals surface area contributed by atoms with Gasteiger partial charge in [-0.3, -0.25) is 19.7 Å². The number of aryl methyl sites for hydroxylation is 1. The van der Waals surface area contributed by atoms with Crippen molar-refractivity contribution >= 4 is 11.3 Å². The van der Waals surface area contributed by atoms with Crippen molar-refractivity contribution in [3.63, 3.8) is 0 Å². The number of hydrogen-bond donors (Lipinski definition) is 1. The SMILES string of the molecule is Cc1nc(CC(O)N2CCn3nc(C[N+](=O)[O-])cc3C2)cs1. The molecule has 0 amide bonds. The van der Waals surface area contributed by atoms with Gasteiger partial charge in [0.2, 0.25) is 6.54 Å². The lowest BCUT2D eigenvalue weighted by molar-refractivity contribution is -0.497. The lowest BCUT2D eigenvalue weighted by atomic mass is 10.2. The smallest absolute Gasteiger partial charge is 0.247 e. The van der Waals surface area contributed by atoms with Gasteiger partial charge in [-0.05, 0) is 13.0 Å². The van der Waals surface area contributed by atoms with E-state index in [2.05, 4.69) is 10.1 Å². The molecule has 1 N–H and O–H groups in total. The first-order valence-electron chi connectivity index (χ1n) is 7.02. The average molecular weight is 323 g/mol. The first kappa shape index (κ1) is 15.1. The summed E-state index contributed by atoms with van der Waals surface area (Å²) < 4.78 is 1.79. The predicted molar refractivity (Wildman–Crippen MR) is 79.9 cm³/mol. The third kappa shape index (κ3) is 3.32. The van der Waals surface area contributed by atoms with E-state index in [9.17, 15) is 15.2 Å². The molecule has 0 aromatic carbocycles. The summed E-state index contributed by atoms with van der Waals surface area (Å²) in [7, 11) is 0. The highest BCUT2D eigenvalue weighted by Crippen LogP contribution is 2.18. The summed E-state index contributed by atoms with van der Waals surface area (Å²) in [5.41, 5.74) is 2.26. The molecule has 0 spiro atoms. The van der Waals surface area contributed by atoms with Crippen molar-refractivity contribution in [1.82, 2.24) is 19.7 Å². The first-order chi connectivity index (χ1) is 10.5. The summed E-state index contributed by atoms with van der Waals surface area (Å²) in [6, 6.07) is 1.74. The molecular weight excluding hydrogens is 306 g/mol. The van der Waals surface area contributed by atoms with E-state index in [0.29, 0.717) is 31.7 Å². The van der Waals surface area contributed by atoms with Crippen LogP contribution in [0.4, 0.5) is 0 Å².